The minimum absolute atomic E-state index is 0.0877. The highest BCUT2D eigenvalue weighted by Crippen LogP contribution is 2.15. The van der Waals surface area contributed by atoms with Crippen LogP contribution in [0.2, 0.25) is 0 Å². The van der Waals surface area contributed by atoms with Crippen molar-refractivity contribution in [2.24, 2.45) is 0 Å². The molecule has 66 heavy (non-hydrogen) atoms. The summed E-state index contributed by atoms with van der Waals surface area (Å²) >= 11 is 0. The molecule has 6 heteroatoms. The Hall–Kier alpha value is -3.15. The molecule has 0 spiro atoms. The highest BCUT2D eigenvalue weighted by molar-refractivity contribution is 5.71. The summed E-state index contributed by atoms with van der Waals surface area (Å²) in [6, 6.07) is 0. The zero-order chi connectivity index (χ0) is 47.9. The van der Waals surface area contributed by atoms with Gasteiger partial charge in [-0.15, -0.1) is 0 Å². The fourth-order valence-electron chi connectivity index (χ4n) is 7.70. The number of ether oxygens (including phenoxy) is 3. The van der Waals surface area contributed by atoms with Crippen LogP contribution in [-0.2, 0) is 28.6 Å². The minimum Gasteiger partial charge on any atom is -0.462 e. The summed E-state index contributed by atoms with van der Waals surface area (Å²) in [6.07, 6.45) is 68.9. The van der Waals surface area contributed by atoms with Crippen LogP contribution in [-0.4, -0.2) is 37.2 Å². The molecule has 0 aromatic rings. The number of esters is 3. The van der Waals surface area contributed by atoms with E-state index in [0.29, 0.717) is 19.3 Å². The van der Waals surface area contributed by atoms with Gasteiger partial charge in [-0.2, -0.15) is 0 Å². The largest absolute Gasteiger partial charge is 0.462 e. The maximum Gasteiger partial charge on any atom is 0.306 e. The van der Waals surface area contributed by atoms with Crippen LogP contribution in [0, 0.1) is 0 Å². The number of carbonyl (C=O) groups excluding carboxylic acids is 3. The van der Waals surface area contributed by atoms with Crippen LogP contribution in [0.5, 0.6) is 0 Å². The van der Waals surface area contributed by atoms with Gasteiger partial charge in [-0.1, -0.05) is 222 Å². The van der Waals surface area contributed by atoms with E-state index in [-0.39, 0.29) is 31.1 Å². The average molecular weight is 921 g/mol. The molecule has 0 radical (unpaired) electrons. The Labute approximate surface area is 408 Å². The molecule has 0 saturated carbocycles. The summed E-state index contributed by atoms with van der Waals surface area (Å²) in [4.78, 5) is 38.1. The number of unbranched alkanes of at least 4 members (excludes halogenated alkanes) is 27. The molecule has 0 N–H and O–H groups in total. The van der Waals surface area contributed by atoms with E-state index >= 15 is 0 Å². The lowest BCUT2D eigenvalue weighted by Gasteiger charge is -2.18. The van der Waals surface area contributed by atoms with Crippen LogP contribution in [0.1, 0.15) is 271 Å². The molecular formula is C60H104O6. The Bertz CT molecular complexity index is 1240. The molecule has 0 aliphatic carbocycles. The van der Waals surface area contributed by atoms with Gasteiger partial charge in [0.15, 0.2) is 6.10 Å². The third-order valence-corrected chi connectivity index (χ3v) is 11.9. The Morgan fingerprint density at radius 1 is 0.318 bits per heavy atom. The van der Waals surface area contributed by atoms with Crippen LogP contribution in [0.4, 0.5) is 0 Å². The Morgan fingerprint density at radius 2 is 0.606 bits per heavy atom. The van der Waals surface area contributed by atoms with Gasteiger partial charge in [-0.3, -0.25) is 14.4 Å². The average Bonchev–Trinajstić information content (AvgIpc) is 3.31. The van der Waals surface area contributed by atoms with E-state index in [4.69, 9.17) is 14.2 Å². The predicted molar refractivity (Wildman–Crippen MR) is 284 cm³/mol. The van der Waals surface area contributed by atoms with Crippen molar-refractivity contribution in [2.75, 3.05) is 13.2 Å². The van der Waals surface area contributed by atoms with E-state index in [9.17, 15) is 14.4 Å². The molecule has 0 bridgehead atoms. The molecular weight excluding hydrogens is 817 g/mol. The van der Waals surface area contributed by atoms with Gasteiger partial charge in [0.25, 0.3) is 0 Å². The predicted octanol–water partition coefficient (Wildman–Crippen LogP) is 18.6. The fraction of sp³-hybridized carbons (Fsp3) is 0.750. The van der Waals surface area contributed by atoms with Gasteiger partial charge in [0.1, 0.15) is 13.2 Å². The van der Waals surface area contributed by atoms with Crippen molar-refractivity contribution in [2.45, 2.75) is 277 Å². The van der Waals surface area contributed by atoms with Gasteiger partial charge in [-0.05, 0) is 103 Å². The van der Waals surface area contributed by atoms with Crippen molar-refractivity contribution >= 4 is 17.9 Å². The highest BCUT2D eigenvalue weighted by atomic mass is 16.6. The number of carbonyl (C=O) groups is 3. The summed E-state index contributed by atoms with van der Waals surface area (Å²) in [6.45, 7) is 6.47. The SMILES string of the molecule is CC/C=C/C/C=C/C/C=C/CCCCCCCC(=O)O[C@H](COC(=O)CCCCCCC/C=C/C/C=C/CCCC)COC(=O)CCCCCCCCCCC/C=C/CCCCCCCC. The van der Waals surface area contributed by atoms with Crippen molar-refractivity contribution in [1.29, 1.82) is 0 Å². The Balaban J connectivity index is 4.39. The number of allylic oxidation sites excluding steroid dienone is 12. The fourth-order valence-corrected chi connectivity index (χ4v) is 7.70. The molecule has 0 aliphatic heterocycles. The third-order valence-electron chi connectivity index (χ3n) is 11.9. The maximum atomic E-state index is 12.8. The van der Waals surface area contributed by atoms with Gasteiger partial charge in [-0.25, -0.2) is 0 Å². The van der Waals surface area contributed by atoms with Crippen molar-refractivity contribution in [3.05, 3.63) is 72.9 Å². The number of hydrogen-bond donors (Lipinski definition) is 0. The molecule has 380 valence electrons. The molecule has 0 aliphatic rings. The quantitative estimate of drug-likeness (QED) is 0.0262. The van der Waals surface area contributed by atoms with Crippen molar-refractivity contribution in [3.8, 4) is 0 Å². The summed E-state index contributed by atoms with van der Waals surface area (Å²) in [7, 11) is 0. The van der Waals surface area contributed by atoms with E-state index in [1.54, 1.807) is 0 Å². The highest BCUT2D eigenvalue weighted by Gasteiger charge is 2.19. The zero-order valence-corrected chi connectivity index (χ0v) is 43.4. The molecule has 0 aromatic carbocycles. The van der Waals surface area contributed by atoms with Crippen molar-refractivity contribution in [1.82, 2.24) is 0 Å². The van der Waals surface area contributed by atoms with E-state index in [0.717, 1.165) is 122 Å². The van der Waals surface area contributed by atoms with E-state index < -0.39 is 6.10 Å². The first kappa shape index (κ1) is 62.8. The maximum absolute atomic E-state index is 12.8. The second-order valence-corrected chi connectivity index (χ2v) is 18.5. The van der Waals surface area contributed by atoms with Crippen LogP contribution in [0.25, 0.3) is 0 Å². The first-order valence-electron chi connectivity index (χ1n) is 27.9. The molecule has 0 amide bonds. The van der Waals surface area contributed by atoms with Crippen LogP contribution < -0.4 is 0 Å². The Morgan fingerprint density at radius 3 is 0.985 bits per heavy atom. The van der Waals surface area contributed by atoms with Crippen molar-refractivity contribution < 1.29 is 28.6 Å². The lowest BCUT2D eigenvalue weighted by atomic mass is 10.1. The lowest BCUT2D eigenvalue weighted by Crippen LogP contribution is -2.30. The third kappa shape index (κ3) is 51.8. The van der Waals surface area contributed by atoms with E-state index in [1.807, 2.05) is 0 Å². The first-order valence-corrected chi connectivity index (χ1v) is 27.9. The van der Waals surface area contributed by atoms with Gasteiger partial charge >= 0.3 is 17.9 Å². The monoisotopic (exact) mass is 921 g/mol. The van der Waals surface area contributed by atoms with Crippen LogP contribution >= 0.6 is 0 Å². The van der Waals surface area contributed by atoms with Gasteiger partial charge in [0.2, 0.25) is 0 Å². The molecule has 0 heterocycles. The molecule has 0 unspecified atom stereocenters. The topological polar surface area (TPSA) is 78.9 Å². The van der Waals surface area contributed by atoms with Gasteiger partial charge in [0.05, 0.1) is 0 Å². The molecule has 0 fully saturated rings. The van der Waals surface area contributed by atoms with Gasteiger partial charge < -0.3 is 14.2 Å². The Kier molecular flexibility index (Phi) is 51.9. The van der Waals surface area contributed by atoms with Crippen LogP contribution in [0.15, 0.2) is 72.9 Å². The van der Waals surface area contributed by atoms with Crippen molar-refractivity contribution in [3.63, 3.8) is 0 Å². The van der Waals surface area contributed by atoms with E-state index in [2.05, 4.69) is 93.7 Å². The molecule has 1 atom stereocenters. The van der Waals surface area contributed by atoms with E-state index in [1.165, 1.54) is 109 Å². The van der Waals surface area contributed by atoms with Crippen LogP contribution in [0.3, 0.4) is 0 Å². The smallest absolute Gasteiger partial charge is 0.306 e. The zero-order valence-electron chi connectivity index (χ0n) is 43.4. The summed E-state index contributed by atoms with van der Waals surface area (Å²) in [5.41, 5.74) is 0. The summed E-state index contributed by atoms with van der Waals surface area (Å²) in [5.74, 6) is -0.916. The minimum atomic E-state index is -0.791. The molecule has 0 rings (SSSR count). The first-order chi connectivity index (χ1) is 32.5. The molecule has 6 nitrogen and oxygen atoms in total. The summed E-state index contributed by atoms with van der Waals surface area (Å²) < 4.78 is 16.8. The number of rotatable bonds is 50. The summed E-state index contributed by atoms with van der Waals surface area (Å²) in [5, 5.41) is 0. The molecule has 0 saturated heterocycles. The second-order valence-electron chi connectivity index (χ2n) is 18.5. The molecule has 0 aromatic heterocycles. The normalized spacial score (nSPS) is 12.6. The lowest BCUT2D eigenvalue weighted by molar-refractivity contribution is -0.167. The number of hydrogen-bond acceptors (Lipinski definition) is 6. The second kappa shape index (κ2) is 54.5. The standard InChI is InChI=1S/C60H104O6/c1-4-7-10-13-16-19-22-25-28-29-30-31-33-35-38-41-44-47-50-53-59(62)65-56-57(55-64-58(61)52-49-46-43-40-37-34-27-24-21-18-15-12-9-6-3)66-60(63)54-51-48-45-42-39-36-32-26-23-20-17-14-11-8-5-2/h8,11,15,17-18,20,24-28,32,57H,4-7,9-10,12-14,16,19,21-23,29-31,33-56H2,1-3H3/b11-8+,18-15+,20-17+,27-24+,28-25+,32-26+/t57-/m1/s1. The van der Waals surface area contributed by atoms with Gasteiger partial charge in [0, 0.05) is 19.3 Å².